The van der Waals surface area contributed by atoms with E-state index in [9.17, 15) is 8.78 Å². The van der Waals surface area contributed by atoms with Gasteiger partial charge in [0, 0.05) is 11.8 Å². The SMILES string of the molecule is CC(C)(C)c1nc(CCOCC(F)F)nc(N)c1Br. The summed E-state index contributed by atoms with van der Waals surface area (Å²) in [5.74, 6) is 0.851. The van der Waals surface area contributed by atoms with E-state index in [2.05, 4.69) is 25.9 Å². The number of alkyl halides is 2. The van der Waals surface area contributed by atoms with Gasteiger partial charge in [0.25, 0.3) is 6.43 Å². The predicted molar refractivity (Wildman–Crippen MR) is 73.4 cm³/mol. The molecule has 1 rings (SSSR count). The summed E-state index contributed by atoms with van der Waals surface area (Å²) in [6, 6.07) is 0. The Bertz CT molecular complexity index is 436. The number of anilines is 1. The molecule has 0 amide bonds. The van der Waals surface area contributed by atoms with Crippen LogP contribution < -0.4 is 5.73 Å². The van der Waals surface area contributed by atoms with Crippen LogP contribution in [0.25, 0.3) is 0 Å². The Hall–Kier alpha value is -0.820. The monoisotopic (exact) mass is 337 g/mol. The molecule has 4 nitrogen and oxygen atoms in total. The van der Waals surface area contributed by atoms with Crippen LogP contribution in [0.4, 0.5) is 14.6 Å². The number of rotatable bonds is 5. The lowest BCUT2D eigenvalue weighted by Crippen LogP contribution is -2.19. The van der Waals surface area contributed by atoms with E-state index in [1.807, 2.05) is 20.8 Å². The molecule has 0 aromatic carbocycles. The number of aromatic nitrogens is 2. The van der Waals surface area contributed by atoms with Crippen molar-refractivity contribution < 1.29 is 13.5 Å². The average Bonchev–Trinajstić information content (AvgIpc) is 2.27. The number of hydrogen-bond donors (Lipinski definition) is 1. The van der Waals surface area contributed by atoms with Crippen LogP contribution in [-0.4, -0.2) is 29.6 Å². The number of nitrogens with two attached hydrogens (primary N) is 1. The summed E-state index contributed by atoms with van der Waals surface area (Å²) in [7, 11) is 0. The topological polar surface area (TPSA) is 61.0 Å². The zero-order valence-electron chi connectivity index (χ0n) is 11.2. The van der Waals surface area contributed by atoms with E-state index in [1.54, 1.807) is 0 Å². The summed E-state index contributed by atoms with van der Waals surface area (Å²) in [5.41, 5.74) is 6.42. The van der Waals surface area contributed by atoms with E-state index in [1.165, 1.54) is 0 Å². The Balaban J connectivity index is 2.78. The smallest absolute Gasteiger partial charge is 0.261 e. The van der Waals surface area contributed by atoms with Gasteiger partial charge in [-0.2, -0.15) is 0 Å². The molecule has 0 bridgehead atoms. The third-order valence-electron chi connectivity index (χ3n) is 2.35. The fourth-order valence-electron chi connectivity index (χ4n) is 1.46. The first-order valence-corrected chi connectivity index (χ1v) is 6.69. The molecule has 1 aromatic heterocycles. The zero-order valence-corrected chi connectivity index (χ0v) is 12.8. The largest absolute Gasteiger partial charge is 0.383 e. The molecule has 0 aliphatic rings. The first-order chi connectivity index (χ1) is 8.71. The van der Waals surface area contributed by atoms with Crippen molar-refractivity contribution in [2.45, 2.75) is 39.0 Å². The molecule has 0 unspecified atom stereocenters. The lowest BCUT2D eigenvalue weighted by molar-refractivity contribution is 0.0182. The maximum Gasteiger partial charge on any atom is 0.261 e. The van der Waals surface area contributed by atoms with Crippen LogP contribution in [0, 0.1) is 0 Å². The summed E-state index contributed by atoms with van der Waals surface area (Å²) >= 11 is 3.37. The molecular weight excluding hydrogens is 320 g/mol. The molecule has 7 heteroatoms. The van der Waals surface area contributed by atoms with Gasteiger partial charge in [0.15, 0.2) is 0 Å². The fraction of sp³-hybridized carbons (Fsp3) is 0.667. The van der Waals surface area contributed by atoms with Crippen LogP contribution in [0.3, 0.4) is 0 Å². The van der Waals surface area contributed by atoms with Gasteiger partial charge < -0.3 is 10.5 Å². The van der Waals surface area contributed by atoms with Crippen LogP contribution in [0.1, 0.15) is 32.3 Å². The highest BCUT2D eigenvalue weighted by molar-refractivity contribution is 9.10. The number of ether oxygens (including phenoxy) is 1. The minimum absolute atomic E-state index is 0.148. The standard InChI is InChI=1S/C12H18BrF2N3O/c1-12(2,3)10-9(13)11(16)18-8(17-10)4-5-19-6-7(14)15/h7H,4-6H2,1-3H3,(H2,16,17,18). The summed E-state index contributed by atoms with van der Waals surface area (Å²) in [6.45, 7) is 5.61. The number of hydrogen-bond acceptors (Lipinski definition) is 4. The molecule has 1 aromatic rings. The van der Waals surface area contributed by atoms with Crippen LogP contribution >= 0.6 is 15.9 Å². The normalized spacial score (nSPS) is 12.2. The van der Waals surface area contributed by atoms with Crippen molar-refractivity contribution in [3.05, 3.63) is 16.0 Å². The molecule has 0 saturated heterocycles. The van der Waals surface area contributed by atoms with Crippen LogP contribution in [0.5, 0.6) is 0 Å². The van der Waals surface area contributed by atoms with Crippen molar-refractivity contribution in [3.63, 3.8) is 0 Å². The van der Waals surface area contributed by atoms with Gasteiger partial charge in [-0.1, -0.05) is 20.8 Å². The fourth-order valence-corrected chi connectivity index (χ4v) is 2.23. The van der Waals surface area contributed by atoms with Gasteiger partial charge in [0.2, 0.25) is 0 Å². The minimum Gasteiger partial charge on any atom is -0.383 e. The van der Waals surface area contributed by atoms with E-state index >= 15 is 0 Å². The van der Waals surface area contributed by atoms with E-state index in [4.69, 9.17) is 10.5 Å². The highest BCUT2D eigenvalue weighted by Gasteiger charge is 2.22. The van der Waals surface area contributed by atoms with Gasteiger partial charge in [0.05, 0.1) is 16.8 Å². The maximum atomic E-state index is 11.9. The molecule has 108 valence electrons. The van der Waals surface area contributed by atoms with Crippen molar-refractivity contribution in [2.24, 2.45) is 0 Å². The Morgan fingerprint density at radius 3 is 2.47 bits per heavy atom. The Labute approximate surface area is 119 Å². The molecule has 0 aliphatic carbocycles. The lowest BCUT2D eigenvalue weighted by Gasteiger charge is -2.20. The first-order valence-electron chi connectivity index (χ1n) is 5.90. The van der Waals surface area contributed by atoms with Crippen LogP contribution in [0.2, 0.25) is 0 Å². The molecular formula is C12H18BrF2N3O. The Morgan fingerprint density at radius 2 is 1.95 bits per heavy atom. The lowest BCUT2D eigenvalue weighted by atomic mass is 9.92. The van der Waals surface area contributed by atoms with Gasteiger partial charge in [0.1, 0.15) is 18.2 Å². The third-order valence-corrected chi connectivity index (χ3v) is 3.13. The quantitative estimate of drug-likeness (QED) is 0.839. The molecule has 0 fully saturated rings. The van der Waals surface area contributed by atoms with Crippen molar-refractivity contribution in [1.82, 2.24) is 9.97 Å². The van der Waals surface area contributed by atoms with E-state index in [-0.39, 0.29) is 12.0 Å². The highest BCUT2D eigenvalue weighted by Crippen LogP contribution is 2.31. The highest BCUT2D eigenvalue weighted by atomic mass is 79.9. The van der Waals surface area contributed by atoms with Crippen LogP contribution in [-0.2, 0) is 16.6 Å². The maximum absolute atomic E-state index is 11.9. The van der Waals surface area contributed by atoms with Gasteiger partial charge >= 0.3 is 0 Å². The second-order valence-electron chi connectivity index (χ2n) is 5.15. The second kappa shape index (κ2) is 6.56. The van der Waals surface area contributed by atoms with E-state index in [0.717, 1.165) is 5.69 Å². The number of halogens is 3. The Kier molecular flexibility index (Phi) is 5.61. The van der Waals surface area contributed by atoms with Crippen molar-refractivity contribution >= 4 is 21.7 Å². The first kappa shape index (κ1) is 16.2. The molecule has 1 heterocycles. The van der Waals surface area contributed by atoms with Crippen molar-refractivity contribution in [2.75, 3.05) is 18.9 Å². The molecule has 0 spiro atoms. The van der Waals surface area contributed by atoms with E-state index < -0.39 is 13.0 Å². The second-order valence-corrected chi connectivity index (χ2v) is 5.95. The van der Waals surface area contributed by atoms with Crippen molar-refractivity contribution in [1.29, 1.82) is 0 Å². The molecule has 0 aliphatic heterocycles. The zero-order chi connectivity index (χ0) is 14.6. The summed E-state index contributed by atoms with van der Waals surface area (Å²) < 4.78 is 29.3. The average molecular weight is 338 g/mol. The van der Waals surface area contributed by atoms with E-state index in [0.29, 0.717) is 22.5 Å². The number of nitrogen functional groups attached to an aromatic ring is 1. The van der Waals surface area contributed by atoms with Gasteiger partial charge in [-0.3, -0.25) is 0 Å². The van der Waals surface area contributed by atoms with Gasteiger partial charge in [-0.05, 0) is 15.9 Å². The molecule has 0 saturated carbocycles. The van der Waals surface area contributed by atoms with Gasteiger partial charge in [-0.25, -0.2) is 18.7 Å². The molecule has 19 heavy (non-hydrogen) atoms. The molecule has 0 atom stereocenters. The third kappa shape index (κ3) is 4.99. The van der Waals surface area contributed by atoms with Crippen molar-refractivity contribution in [3.8, 4) is 0 Å². The molecule has 0 radical (unpaired) electrons. The predicted octanol–water partition coefficient (Wildman–Crippen LogP) is 2.94. The number of nitrogens with zero attached hydrogens (tertiary/aromatic N) is 2. The molecule has 2 N–H and O–H groups in total. The summed E-state index contributed by atoms with van der Waals surface area (Å²) in [4.78, 5) is 8.53. The van der Waals surface area contributed by atoms with Crippen LogP contribution in [0.15, 0.2) is 4.47 Å². The summed E-state index contributed by atoms with van der Waals surface area (Å²) in [6.07, 6.45) is -2.10. The Morgan fingerprint density at radius 1 is 1.32 bits per heavy atom. The summed E-state index contributed by atoms with van der Waals surface area (Å²) in [5, 5.41) is 0. The minimum atomic E-state index is -2.46. The van der Waals surface area contributed by atoms with Gasteiger partial charge in [-0.15, -0.1) is 0 Å².